The average molecular weight is 364 g/mol. The highest BCUT2D eigenvalue weighted by Crippen LogP contribution is 2.27. The number of rotatable bonds is 5. The van der Waals surface area contributed by atoms with Gasteiger partial charge in [0.2, 0.25) is 13.9 Å². The summed E-state index contributed by atoms with van der Waals surface area (Å²) in [6.07, 6.45) is 3.12. The molecule has 0 saturated carbocycles. The van der Waals surface area contributed by atoms with E-state index in [1.54, 1.807) is 30.8 Å². The molecule has 3 rings (SSSR count). The van der Waals surface area contributed by atoms with Gasteiger partial charge in [-0.2, -0.15) is 5.10 Å². The molecule has 27 heavy (non-hydrogen) atoms. The van der Waals surface area contributed by atoms with Gasteiger partial charge in [0.25, 0.3) is 5.91 Å². The number of hydrogen-bond acceptors (Lipinski definition) is 5. The molecule has 0 spiro atoms. The van der Waals surface area contributed by atoms with Gasteiger partial charge in [0.1, 0.15) is 11.8 Å². The maximum atomic E-state index is 12.3. The molecule has 0 aliphatic heterocycles. The zero-order chi connectivity index (χ0) is 19.6. The van der Waals surface area contributed by atoms with Crippen molar-refractivity contribution in [3.63, 3.8) is 0 Å². The second-order valence-corrected chi connectivity index (χ2v) is 6.16. The number of nitrogens with zero attached hydrogens (tertiary/aromatic N) is 3. The molecular formula is C18H21BN6O2. The second-order valence-electron chi connectivity index (χ2n) is 6.16. The Morgan fingerprint density at radius 1 is 1.22 bits per heavy atom. The number of fused-ring (bicyclic) bond motifs is 1. The van der Waals surface area contributed by atoms with Crippen LogP contribution in [-0.2, 0) is 0 Å². The van der Waals surface area contributed by atoms with Gasteiger partial charge in [0.05, 0.1) is 5.56 Å². The molecule has 9 heteroatoms. The van der Waals surface area contributed by atoms with Crippen LogP contribution >= 0.6 is 0 Å². The van der Waals surface area contributed by atoms with Crippen molar-refractivity contribution in [2.45, 2.75) is 20.8 Å². The van der Waals surface area contributed by atoms with Gasteiger partial charge in [-0.1, -0.05) is 6.07 Å². The van der Waals surface area contributed by atoms with Crippen molar-refractivity contribution in [2.75, 3.05) is 11.9 Å². The van der Waals surface area contributed by atoms with E-state index in [4.69, 9.17) is 0 Å². The fourth-order valence-electron chi connectivity index (χ4n) is 2.91. The molecule has 0 fully saturated rings. The first-order valence-electron chi connectivity index (χ1n) is 8.67. The van der Waals surface area contributed by atoms with Gasteiger partial charge in [-0.3, -0.25) is 9.59 Å². The quantitative estimate of drug-likeness (QED) is 0.589. The molecule has 0 bridgehead atoms. The number of aromatic nitrogens is 3. The van der Waals surface area contributed by atoms with Gasteiger partial charge in [-0.15, -0.1) is 0 Å². The molecule has 0 saturated heterocycles. The van der Waals surface area contributed by atoms with Crippen LogP contribution in [0.5, 0.6) is 0 Å². The van der Waals surface area contributed by atoms with Crippen molar-refractivity contribution in [3.05, 3.63) is 53.0 Å². The van der Waals surface area contributed by atoms with Crippen LogP contribution in [0.1, 0.15) is 38.8 Å². The molecule has 3 aromatic rings. The van der Waals surface area contributed by atoms with Crippen molar-refractivity contribution >= 4 is 36.8 Å². The Kier molecular flexibility index (Phi) is 5.11. The number of hydrogen-bond donors (Lipinski definition) is 3. The zero-order valence-corrected chi connectivity index (χ0v) is 15.8. The predicted molar refractivity (Wildman–Crippen MR) is 106 cm³/mol. The highest BCUT2D eigenvalue weighted by atomic mass is 16.2. The van der Waals surface area contributed by atoms with E-state index in [0.717, 1.165) is 16.8 Å². The topological polar surface area (TPSA) is 100 Å². The largest absolute Gasteiger partial charge is 0.402 e. The summed E-state index contributed by atoms with van der Waals surface area (Å²) in [5, 5.41) is 12.9. The van der Waals surface area contributed by atoms with Gasteiger partial charge in [-0.05, 0) is 44.0 Å². The Morgan fingerprint density at radius 2 is 2.00 bits per heavy atom. The molecule has 0 radical (unpaired) electrons. The van der Waals surface area contributed by atoms with E-state index in [1.807, 2.05) is 26.8 Å². The molecule has 2 amide bonds. The Bertz CT molecular complexity index is 1030. The van der Waals surface area contributed by atoms with Crippen LogP contribution in [0.15, 0.2) is 30.7 Å². The third-order valence-corrected chi connectivity index (χ3v) is 4.39. The van der Waals surface area contributed by atoms with E-state index in [0.29, 0.717) is 29.0 Å². The van der Waals surface area contributed by atoms with E-state index in [1.165, 1.54) is 6.33 Å². The Balaban J connectivity index is 2.06. The van der Waals surface area contributed by atoms with Gasteiger partial charge < -0.3 is 15.9 Å². The van der Waals surface area contributed by atoms with Crippen molar-refractivity contribution in [2.24, 2.45) is 0 Å². The summed E-state index contributed by atoms with van der Waals surface area (Å²) < 4.78 is 1.63. The van der Waals surface area contributed by atoms with Crippen LogP contribution in [0.4, 0.5) is 11.5 Å². The van der Waals surface area contributed by atoms with Gasteiger partial charge >= 0.3 is 0 Å². The van der Waals surface area contributed by atoms with E-state index in [9.17, 15) is 9.59 Å². The van der Waals surface area contributed by atoms with Crippen LogP contribution in [0.3, 0.4) is 0 Å². The summed E-state index contributed by atoms with van der Waals surface area (Å²) in [5.74, 6) is 0.253. The summed E-state index contributed by atoms with van der Waals surface area (Å²) >= 11 is 0. The first-order valence-corrected chi connectivity index (χ1v) is 8.67. The molecule has 1 aromatic carbocycles. The maximum absolute atomic E-state index is 12.3. The normalized spacial score (nSPS) is 10.6. The number of carbonyl (C=O) groups excluding carboxylic acids is 2. The van der Waals surface area contributed by atoms with E-state index >= 15 is 0 Å². The van der Waals surface area contributed by atoms with Crippen LogP contribution in [0, 0.1) is 13.8 Å². The van der Waals surface area contributed by atoms with Gasteiger partial charge in [-0.25, -0.2) is 9.50 Å². The lowest BCUT2D eigenvalue weighted by Crippen LogP contribution is -2.22. The minimum Gasteiger partial charge on any atom is -0.402 e. The van der Waals surface area contributed by atoms with Crippen LogP contribution < -0.4 is 15.9 Å². The zero-order valence-electron chi connectivity index (χ0n) is 15.8. The number of nitrogens with one attached hydrogen (secondary N) is 3. The SMILES string of the molecule is BNC(=O)c1ccc(C)c(Nc2ncnn3cc(C(=O)NCC)c(C)c23)c1. The van der Waals surface area contributed by atoms with Crippen molar-refractivity contribution < 1.29 is 9.59 Å². The highest BCUT2D eigenvalue weighted by Gasteiger charge is 2.18. The number of amides is 2. The monoisotopic (exact) mass is 364 g/mol. The number of carbonyl (C=O) groups is 2. The Morgan fingerprint density at radius 3 is 2.70 bits per heavy atom. The minimum atomic E-state index is -0.164. The third-order valence-electron chi connectivity index (χ3n) is 4.39. The highest BCUT2D eigenvalue weighted by molar-refractivity contribution is 6.18. The lowest BCUT2D eigenvalue weighted by molar-refractivity contribution is 0.0953. The Hall–Kier alpha value is -3.36. The first-order chi connectivity index (χ1) is 13.0. The number of anilines is 2. The van der Waals surface area contributed by atoms with Crippen LogP contribution in [-0.4, -0.2) is 40.9 Å². The lowest BCUT2D eigenvalue weighted by atomic mass is 10.1. The molecule has 2 aromatic heterocycles. The van der Waals surface area contributed by atoms with E-state index in [-0.39, 0.29) is 11.8 Å². The summed E-state index contributed by atoms with van der Waals surface area (Å²) in [6.45, 7) is 6.23. The summed E-state index contributed by atoms with van der Waals surface area (Å²) in [5.41, 5.74) is 4.32. The van der Waals surface area contributed by atoms with Crippen molar-refractivity contribution in [1.29, 1.82) is 0 Å². The van der Waals surface area contributed by atoms with Crippen LogP contribution in [0.25, 0.3) is 5.52 Å². The predicted octanol–water partition coefficient (Wildman–Crippen LogP) is 1.12. The molecule has 0 aliphatic carbocycles. The summed E-state index contributed by atoms with van der Waals surface area (Å²) in [7, 11) is 1.59. The molecule has 0 unspecified atom stereocenters. The van der Waals surface area contributed by atoms with Crippen LogP contribution in [0.2, 0.25) is 0 Å². The molecular weight excluding hydrogens is 343 g/mol. The minimum absolute atomic E-state index is 0.149. The number of benzene rings is 1. The second kappa shape index (κ2) is 7.49. The third kappa shape index (κ3) is 3.48. The van der Waals surface area contributed by atoms with Crippen molar-refractivity contribution in [1.82, 2.24) is 25.1 Å². The molecule has 3 N–H and O–H groups in total. The van der Waals surface area contributed by atoms with Crippen molar-refractivity contribution in [3.8, 4) is 0 Å². The molecule has 138 valence electrons. The standard InChI is InChI=1S/C18H21BN6O2/c1-4-20-18(27)13-8-25-15(11(13)3)16(21-9-22-25)23-14-7-12(17(26)24-19)6-5-10(14)2/h5-9H,4,19H2,1-3H3,(H,20,27)(H,24,26)(H,21,22,23). The average Bonchev–Trinajstić information content (AvgIpc) is 3.01. The van der Waals surface area contributed by atoms with Gasteiger partial charge in [0, 0.05) is 24.0 Å². The fourth-order valence-corrected chi connectivity index (χ4v) is 2.91. The molecule has 0 aliphatic rings. The summed E-state index contributed by atoms with van der Waals surface area (Å²) in [6, 6.07) is 5.41. The van der Waals surface area contributed by atoms with Gasteiger partial charge in [0.15, 0.2) is 5.82 Å². The molecule has 0 atom stereocenters. The fraction of sp³-hybridized carbons (Fsp3) is 0.222. The first kappa shape index (κ1) is 18.4. The maximum Gasteiger partial charge on any atom is 0.253 e. The number of aryl methyl sites for hydroxylation is 2. The smallest absolute Gasteiger partial charge is 0.253 e. The lowest BCUT2D eigenvalue weighted by Gasteiger charge is -2.12. The van der Waals surface area contributed by atoms with E-state index < -0.39 is 0 Å². The summed E-state index contributed by atoms with van der Waals surface area (Å²) in [4.78, 5) is 28.5. The van der Waals surface area contributed by atoms with E-state index in [2.05, 4.69) is 25.9 Å². The molecule has 2 heterocycles. The Labute approximate surface area is 157 Å². The molecule has 8 nitrogen and oxygen atoms in total.